The molecule has 0 spiro atoms. The zero-order chi connectivity index (χ0) is 20.6. The van der Waals surface area contributed by atoms with E-state index in [1.807, 2.05) is 0 Å². The highest BCUT2D eigenvalue weighted by molar-refractivity contribution is 9.10. The zero-order valence-corrected chi connectivity index (χ0v) is 15.0. The first-order valence-electron chi connectivity index (χ1n) is 7.13. The summed E-state index contributed by atoms with van der Waals surface area (Å²) < 4.78 is 50.1. The fourth-order valence-electron chi connectivity index (χ4n) is 1.59. The number of hydrogen-bond donors (Lipinski definition) is 4. The Kier molecular flexibility index (Phi) is 8.25. The second kappa shape index (κ2) is 9.92. The van der Waals surface area contributed by atoms with Gasteiger partial charge in [-0.05, 0) is 34.1 Å². The summed E-state index contributed by atoms with van der Waals surface area (Å²) in [5.41, 5.74) is 6.80. The second-order valence-electron chi connectivity index (χ2n) is 4.80. The van der Waals surface area contributed by atoms with Crippen LogP contribution in [-0.4, -0.2) is 36.2 Å². The number of hydrogen-bond acceptors (Lipinski definition) is 5. The van der Waals surface area contributed by atoms with Crippen molar-refractivity contribution >= 4 is 39.2 Å². The Morgan fingerprint density at radius 1 is 1.26 bits per heavy atom. The summed E-state index contributed by atoms with van der Waals surface area (Å²) in [4.78, 5) is 21.0. The van der Waals surface area contributed by atoms with Gasteiger partial charge in [-0.1, -0.05) is 0 Å². The van der Waals surface area contributed by atoms with Gasteiger partial charge in [0.1, 0.15) is 23.9 Å². The molecule has 148 valence electrons. The number of aliphatic carboxylic acids is 1. The lowest BCUT2D eigenvalue weighted by Crippen LogP contribution is -2.21. The Bertz CT molecular complexity index is 796. The number of halogens is 5. The Balaban J connectivity index is 0.000000445. The fraction of sp³-hybridized carbons (Fsp3) is 0.200. The van der Waals surface area contributed by atoms with Crippen molar-refractivity contribution in [1.29, 1.82) is 0 Å². The molecule has 0 saturated heterocycles. The predicted molar refractivity (Wildman–Crippen MR) is 92.0 cm³/mol. The maximum Gasteiger partial charge on any atom is 0.490 e. The van der Waals surface area contributed by atoms with Crippen LogP contribution in [0.5, 0.6) is 0 Å². The molecule has 0 unspecified atom stereocenters. The van der Waals surface area contributed by atoms with E-state index < -0.39 is 18.0 Å². The van der Waals surface area contributed by atoms with E-state index in [1.54, 1.807) is 0 Å². The molecule has 0 atom stereocenters. The minimum absolute atomic E-state index is 0.281. The average molecular weight is 456 g/mol. The highest BCUT2D eigenvalue weighted by Gasteiger charge is 2.38. The Morgan fingerprint density at radius 2 is 1.89 bits per heavy atom. The zero-order valence-electron chi connectivity index (χ0n) is 13.4. The second-order valence-corrected chi connectivity index (χ2v) is 5.65. The van der Waals surface area contributed by atoms with Crippen molar-refractivity contribution in [3.63, 3.8) is 0 Å². The number of anilines is 2. The van der Waals surface area contributed by atoms with Gasteiger partial charge < -0.3 is 25.9 Å². The topological polar surface area (TPSA) is 118 Å². The van der Waals surface area contributed by atoms with Gasteiger partial charge in [0.25, 0.3) is 5.91 Å². The van der Waals surface area contributed by atoms with Gasteiger partial charge in [-0.15, -0.1) is 0 Å². The van der Waals surface area contributed by atoms with Gasteiger partial charge >= 0.3 is 12.1 Å². The SMILES string of the molecule is NCCNc1cocc1C(=O)Nc1ccc(F)c(Br)c1.O=C(O)C(F)(F)F. The highest BCUT2D eigenvalue weighted by Crippen LogP contribution is 2.22. The van der Waals surface area contributed by atoms with Gasteiger partial charge in [0.05, 0.1) is 10.2 Å². The summed E-state index contributed by atoms with van der Waals surface area (Å²) in [5, 5.41) is 12.8. The van der Waals surface area contributed by atoms with Crippen molar-refractivity contribution in [3.05, 3.63) is 46.6 Å². The highest BCUT2D eigenvalue weighted by atomic mass is 79.9. The van der Waals surface area contributed by atoms with E-state index in [2.05, 4.69) is 26.6 Å². The lowest BCUT2D eigenvalue weighted by Gasteiger charge is -2.07. The van der Waals surface area contributed by atoms with Crippen LogP contribution in [0.3, 0.4) is 0 Å². The van der Waals surface area contributed by atoms with Crippen LogP contribution < -0.4 is 16.4 Å². The lowest BCUT2D eigenvalue weighted by molar-refractivity contribution is -0.192. The molecule has 7 nitrogen and oxygen atoms in total. The number of carbonyl (C=O) groups excluding carboxylic acids is 1. The molecule has 5 N–H and O–H groups in total. The molecule has 1 amide bonds. The van der Waals surface area contributed by atoms with Crippen LogP contribution in [-0.2, 0) is 4.79 Å². The summed E-state index contributed by atoms with van der Waals surface area (Å²) in [6.07, 6.45) is -2.31. The Labute approximate surface area is 158 Å². The molecule has 0 aliphatic heterocycles. The monoisotopic (exact) mass is 455 g/mol. The fourth-order valence-corrected chi connectivity index (χ4v) is 1.97. The van der Waals surface area contributed by atoms with Gasteiger partial charge in [-0.2, -0.15) is 13.2 Å². The normalized spacial score (nSPS) is 10.6. The third-order valence-electron chi connectivity index (χ3n) is 2.79. The average Bonchev–Trinajstić information content (AvgIpc) is 3.04. The van der Waals surface area contributed by atoms with E-state index in [0.717, 1.165) is 0 Å². The van der Waals surface area contributed by atoms with Crippen molar-refractivity contribution < 1.29 is 36.7 Å². The minimum atomic E-state index is -5.08. The molecule has 0 saturated carbocycles. The number of amides is 1. The molecular formula is C15H14BrF4N3O4. The van der Waals surface area contributed by atoms with E-state index in [0.29, 0.717) is 30.0 Å². The van der Waals surface area contributed by atoms with Crippen molar-refractivity contribution in [2.75, 3.05) is 23.7 Å². The van der Waals surface area contributed by atoms with E-state index in [-0.39, 0.29) is 10.4 Å². The smallest absolute Gasteiger partial charge is 0.475 e. The summed E-state index contributed by atoms with van der Waals surface area (Å²) >= 11 is 3.06. The molecule has 1 heterocycles. The molecule has 0 aliphatic rings. The third-order valence-corrected chi connectivity index (χ3v) is 3.39. The van der Waals surface area contributed by atoms with Crippen LogP contribution in [0.15, 0.2) is 39.6 Å². The number of nitrogens with one attached hydrogen (secondary N) is 2. The van der Waals surface area contributed by atoms with Crippen LogP contribution in [0.25, 0.3) is 0 Å². The molecule has 0 fully saturated rings. The van der Waals surface area contributed by atoms with Gasteiger partial charge in [0.15, 0.2) is 0 Å². The maximum absolute atomic E-state index is 13.1. The number of carboxylic acids is 1. The van der Waals surface area contributed by atoms with Crippen LogP contribution in [0.2, 0.25) is 0 Å². The van der Waals surface area contributed by atoms with Gasteiger partial charge in [0.2, 0.25) is 0 Å². The molecule has 0 radical (unpaired) electrons. The van der Waals surface area contributed by atoms with E-state index in [4.69, 9.17) is 20.1 Å². The van der Waals surface area contributed by atoms with Gasteiger partial charge in [-0.25, -0.2) is 9.18 Å². The number of nitrogens with two attached hydrogens (primary N) is 1. The van der Waals surface area contributed by atoms with Gasteiger partial charge in [0, 0.05) is 18.8 Å². The molecule has 12 heteroatoms. The molecule has 2 aromatic rings. The first kappa shape index (κ1) is 22.4. The molecular weight excluding hydrogens is 442 g/mol. The van der Waals surface area contributed by atoms with Crippen molar-refractivity contribution in [2.45, 2.75) is 6.18 Å². The summed E-state index contributed by atoms with van der Waals surface area (Å²) in [7, 11) is 0. The van der Waals surface area contributed by atoms with E-state index in [9.17, 15) is 22.4 Å². The standard InChI is InChI=1S/C13H13BrFN3O2.C2HF3O2/c14-10-5-8(1-2-11(10)15)18-13(19)9-6-20-7-12(9)17-4-3-16;3-2(4,5)1(6)7/h1-2,5-7,17H,3-4,16H2,(H,18,19);(H,6,7). The summed E-state index contributed by atoms with van der Waals surface area (Å²) in [5.74, 6) is -3.50. The van der Waals surface area contributed by atoms with Crippen molar-refractivity contribution in [2.24, 2.45) is 5.73 Å². The van der Waals surface area contributed by atoms with Crippen LogP contribution in [0.4, 0.5) is 28.9 Å². The molecule has 0 aliphatic carbocycles. The number of rotatable bonds is 5. The minimum Gasteiger partial charge on any atom is -0.475 e. The van der Waals surface area contributed by atoms with Crippen molar-refractivity contribution in [1.82, 2.24) is 0 Å². The number of alkyl halides is 3. The predicted octanol–water partition coefficient (Wildman–Crippen LogP) is 3.44. The molecule has 27 heavy (non-hydrogen) atoms. The maximum atomic E-state index is 13.1. The Morgan fingerprint density at radius 3 is 2.41 bits per heavy atom. The number of carboxylic acid groups (broad SMARTS) is 1. The first-order valence-corrected chi connectivity index (χ1v) is 7.92. The molecule has 1 aromatic carbocycles. The number of carbonyl (C=O) groups is 2. The third kappa shape index (κ3) is 7.27. The number of benzene rings is 1. The first-order chi connectivity index (χ1) is 12.6. The quantitative estimate of drug-likeness (QED) is 0.513. The number of furan rings is 1. The van der Waals surface area contributed by atoms with E-state index >= 15 is 0 Å². The summed E-state index contributed by atoms with van der Waals surface area (Å²) in [6, 6.07) is 4.23. The molecule has 2 rings (SSSR count). The summed E-state index contributed by atoms with van der Waals surface area (Å²) in [6.45, 7) is 0.971. The largest absolute Gasteiger partial charge is 0.490 e. The Hall–Kier alpha value is -2.60. The van der Waals surface area contributed by atoms with Crippen LogP contribution in [0.1, 0.15) is 10.4 Å². The van der Waals surface area contributed by atoms with Crippen molar-refractivity contribution in [3.8, 4) is 0 Å². The van der Waals surface area contributed by atoms with E-state index in [1.165, 1.54) is 30.7 Å². The van der Waals surface area contributed by atoms with Crippen LogP contribution >= 0.6 is 15.9 Å². The lowest BCUT2D eigenvalue weighted by atomic mass is 10.2. The van der Waals surface area contributed by atoms with Crippen LogP contribution in [0, 0.1) is 5.82 Å². The molecule has 0 bridgehead atoms. The molecule has 1 aromatic heterocycles. The van der Waals surface area contributed by atoms with Gasteiger partial charge in [-0.3, -0.25) is 4.79 Å².